The third-order valence-electron chi connectivity index (χ3n) is 0.679. The first kappa shape index (κ1) is 7.88. The van der Waals surface area contributed by atoms with Crippen molar-refractivity contribution in [2.45, 2.75) is 19.3 Å². The molecule has 1 aliphatic heterocycles. The van der Waals surface area contributed by atoms with Gasteiger partial charge >= 0.3 is 0 Å². The molecule has 50 valence electrons. The minimum absolute atomic E-state index is 0.106. The van der Waals surface area contributed by atoms with Crippen LogP contribution in [-0.4, -0.2) is 31.6 Å². The minimum atomic E-state index is -0.449. The summed E-state index contributed by atoms with van der Waals surface area (Å²) in [6, 6.07) is 0. The van der Waals surface area contributed by atoms with Gasteiger partial charge in [0.05, 0.1) is 0 Å². The molecule has 0 aromatic carbocycles. The fourth-order valence-electron chi connectivity index (χ4n) is 0.175. The standard InChI is InChI=1S/C3H6O2.C2H7N/c1-2-3(4)5-2;1-3-2/h2-4H,1H3;3H,1-2H3. The second-order valence-electron chi connectivity index (χ2n) is 1.73. The van der Waals surface area contributed by atoms with Crippen LogP contribution < -0.4 is 5.32 Å². The summed E-state index contributed by atoms with van der Waals surface area (Å²) in [5.74, 6) is 0. The van der Waals surface area contributed by atoms with Crippen LogP contribution >= 0.6 is 0 Å². The van der Waals surface area contributed by atoms with Crippen LogP contribution in [0.1, 0.15) is 6.92 Å². The Labute approximate surface area is 49.7 Å². The summed E-state index contributed by atoms with van der Waals surface area (Å²) >= 11 is 0. The third-order valence-corrected chi connectivity index (χ3v) is 0.679. The maximum atomic E-state index is 8.21. The van der Waals surface area contributed by atoms with Crippen molar-refractivity contribution in [2.24, 2.45) is 0 Å². The van der Waals surface area contributed by atoms with Crippen LogP contribution in [0.15, 0.2) is 0 Å². The zero-order valence-electron chi connectivity index (χ0n) is 5.51. The fourth-order valence-corrected chi connectivity index (χ4v) is 0.175. The van der Waals surface area contributed by atoms with Crippen LogP contribution in [0.3, 0.4) is 0 Å². The van der Waals surface area contributed by atoms with Crippen LogP contribution in [0.5, 0.6) is 0 Å². The Morgan fingerprint density at radius 1 is 1.50 bits per heavy atom. The summed E-state index contributed by atoms with van der Waals surface area (Å²) in [6.45, 7) is 1.82. The molecule has 8 heavy (non-hydrogen) atoms. The number of aliphatic hydroxyl groups excluding tert-OH is 1. The summed E-state index contributed by atoms with van der Waals surface area (Å²) in [6.07, 6.45) is -0.343. The van der Waals surface area contributed by atoms with E-state index in [1.165, 1.54) is 0 Å². The average molecular weight is 119 g/mol. The van der Waals surface area contributed by atoms with E-state index in [9.17, 15) is 0 Å². The average Bonchev–Trinajstić information content (AvgIpc) is 2.22. The predicted molar refractivity (Wildman–Crippen MR) is 31.5 cm³/mol. The van der Waals surface area contributed by atoms with E-state index >= 15 is 0 Å². The predicted octanol–water partition coefficient (Wildman–Crippen LogP) is -0.441. The molecular weight excluding hydrogens is 106 g/mol. The largest absolute Gasteiger partial charge is 0.366 e. The summed E-state index contributed by atoms with van der Waals surface area (Å²) in [5.41, 5.74) is 0. The molecule has 1 rings (SSSR count). The number of epoxide rings is 1. The lowest BCUT2D eigenvalue weighted by atomic mass is 10.5. The Balaban J connectivity index is 0.000000145. The van der Waals surface area contributed by atoms with E-state index in [4.69, 9.17) is 5.11 Å². The molecule has 0 spiro atoms. The Bertz CT molecular complexity index is 52.4. The summed E-state index contributed by atoms with van der Waals surface area (Å²) in [5, 5.41) is 11.0. The highest BCUT2D eigenvalue weighted by atomic mass is 16.7. The van der Waals surface area contributed by atoms with Crippen LogP contribution in [-0.2, 0) is 4.74 Å². The van der Waals surface area contributed by atoms with Gasteiger partial charge in [-0.15, -0.1) is 0 Å². The molecule has 1 fully saturated rings. The SMILES string of the molecule is CC1OC1O.CNC. The fraction of sp³-hybridized carbons (Fsp3) is 1.00. The van der Waals surface area contributed by atoms with Gasteiger partial charge in [-0.2, -0.15) is 0 Å². The van der Waals surface area contributed by atoms with Gasteiger partial charge in [0.2, 0.25) is 0 Å². The van der Waals surface area contributed by atoms with Gasteiger partial charge in [0.15, 0.2) is 6.29 Å². The Hall–Kier alpha value is -0.120. The summed E-state index contributed by atoms with van der Waals surface area (Å²) in [4.78, 5) is 0. The zero-order chi connectivity index (χ0) is 6.57. The van der Waals surface area contributed by atoms with E-state index in [1.54, 1.807) is 0 Å². The van der Waals surface area contributed by atoms with Crippen molar-refractivity contribution in [2.75, 3.05) is 14.1 Å². The highest BCUT2D eigenvalue weighted by molar-refractivity contribution is 4.66. The number of nitrogens with one attached hydrogen (secondary N) is 1. The topological polar surface area (TPSA) is 44.8 Å². The van der Waals surface area contributed by atoms with Gasteiger partial charge in [-0.25, -0.2) is 0 Å². The van der Waals surface area contributed by atoms with Crippen molar-refractivity contribution in [1.29, 1.82) is 0 Å². The maximum absolute atomic E-state index is 8.21. The monoisotopic (exact) mass is 119 g/mol. The van der Waals surface area contributed by atoms with Gasteiger partial charge in [0.1, 0.15) is 6.10 Å². The molecule has 0 saturated carbocycles. The van der Waals surface area contributed by atoms with E-state index in [0.717, 1.165) is 0 Å². The van der Waals surface area contributed by atoms with Crippen LogP contribution in [0.25, 0.3) is 0 Å². The van der Waals surface area contributed by atoms with Gasteiger partial charge in [-0.3, -0.25) is 0 Å². The highest BCUT2D eigenvalue weighted by Crippen LogP contribution is 2.15. The molecule has 2 unspecified atom stereocenters. The Morgan fingerprint density at radius 3 is 1.62 bits per heavy atom. The third kappa shape index (κ3) is 4.05. The van der Waals surface area contributed by atoms with Crippen LogP contribution in [0, 0.1) is 0 Å². The maximum Gasteiger partial charge on any atom is 0.181 e. The molecule has 0 aliphatic carbocycles. The second kappa shape index (κ2) is 3.83. The van der Waals surface area contributed by atoms with E-state index in [0.29, 0.717) is 0 Å². The van der Waals surface area contributed by atoms with E-state index in [-0.39, 0.29) is 6.10 Å². The van der Waals surface area contributed by atoms with E-state index < -0.39 is 6.29 Å². The molecule has 1 aliphatic rings. The van der Waals surface area contributed by atoms with Crippen molar-refractivity contribution in [3.05, 3.63) is 0 Å². The van der Waals surface area contributed by atoms with Crippen molar-refractivity contribution < 1.29 is 9.84 Å². The second-order valence-corrected chi connectivity index (χ2v) is 1.73. The smallest absolute Gasteiger partial charge is 0.181 e. The summed E-state index contributed by atoms with van der Waals surface area (Å²) in [7, 11) is 3.75. The molecular formula is C5H13NO2. The van der Waals surface area contributed by atoms with Crippen LogP contribution in [0.4, 0.5) is 0 Å². The molecule has 3 nitrogen and oxygen atoms in total. The quantitative estimate of drug-likeness (QED) is 0.425. The minimum Gasteiger partial charge on any atom is -0.366 e. The Kier molecular flexibility index (Phi) is 3.77. The molecule has 0 bridgehead atoms. The lowest BCUT2D eigenvalue weighted by Gasteiger charge is -1.59. The zero-order valence-corrected chi connectivity index (χ0v) is 5.51. The van der Waals surface area contributed by atoms with Gasteiger partial charge < -0.3 is 15.2 Å². The first-order valence-corrected chi connectivity index (χ1v) is 2.64. The first-order valence-electron chi connectivity index (χ1n) is 2.64. The number of rotatable bonds is 0. The number of ether oxygens (including phenoxy) is 1. The Morgan fingerprint density at radius 2 is 1.62 bits per heavy atom. The molecule has 0 aromatic rings. The molecule has 2 atom stereocenters. The van der Waals surface area contributed by atoms with Crippen molar-refractivity contribution in [3.8, 4) is 0 Å². The van der Waals surface area contributed by atoms with E-state index in [2.05, 4.69) is 10.1 Å². The van der Waals surface area contributed by atoms with Gasteiger partial charge in [-0.1, -0.05) is 0 Å². The molecule has 1 heterocycles. The summed E-state index contributed by atoms with van der Waals surface area (Å²) < 4.78 is 4.47. The molecule has 0 radical (unpaired) electrons. The highest BCUT2D eigenvalue weighted by Gasteiger charge is 2.30. The lowest BCUT2D eigenvalue weighted by Crippen LogP contribution is -1.89. The van der Waals surface area contributed by atoms with Crippen molar-refractivity contribution in [1.82, 2.24) is 5.32 Å². The number of hydrogen-bond donors (Lipinski definition) is 2. The van der Waals surface area contributed by atoms with Gasteiger partial charge in [0, 0.05) is 0 Å². The molecule has 3 heteroatoms. The number of hydrogen-bond acceptors (Lipinski definition) is 3. The lowest BCUT2D eigenvalue weighted by molar-refractivity contribution is 0.156. The van der Waals surface area contributed by atoms with Crippen molar-refractivity contribution in [3.63, 3.8) is 0 Å². The number of aliphatic hydroxyl groups is 1. The van der Waals surface area contributed by atoms with Crippen LogP contribution in [0.2, 0.25) is 0 Å². The normalized spacial score (nSPS) is 33.0. The van der Waals surface area contributed by atoms with Crippen molar-refractivity contribution >= 4 is 0 Å². The molecule has 2 N–H and O–H groups in total. The van der Waals surface area contributed by atoms with E-state index in [1.807, 2.05) is 21.0 Å². The molecule has 1 saturated heterocycles. The first-order chi connectivity index (χ1) is 3.72. The van der Waals surface area contributed by atoms with Gasteiger partial charge in [-0.05, 0) is 21.0 Å². The van der Waals surface area contributed by atoms with Gasteiger partial charge in [0.25, 0.3) is 0 Å². The molecule has 0 aromatic heterocycles. The molecule has 0 amide bonds.